The van der Waals surface area contributed by atoms with E-state index < -0.39 is 17.7 Å². The maximum absolute atomic E-state index is 12.9. The Morgan fingerprint density at radius 1 is 1.10 bits per heavy atom. The highest BCUT2D eigenvalue weighted by atomic mass is 35.5. The van der Waals surface area contributed by atoms with Gasteiger partial charge in [-0.05, 0) is 55.8 Å². The molecule has 2 aromatic carbocycles. The normalized spacial score (nSPS) is 18.3. The molecule has 1 saturated heterocycles. The number of methoxy groups -OCH3 is 1. The molecular formula is C23H24ClNO5. The number of hydrogen-bond acceptors (Lipinski definition) is 5. The fourth-order valence-corrected chi connectivity index (χ4v) is 3.54. The molecule has 1 atom stereocenters. The summed E-state index contributed by atoms with van der Waals surface area (Å²) in [5, 5.41) is 11.4. The Hall–Kier alpha value is -2.83. The molecule has 1 amide bonds. The van der Waals surface area contributed by atoms with Gasteiger partial charge in [-0.15, -0.1) is 0 Å². The van der Waals surface area contributed by atoms with Crippen molar-refractivity contribution >= 4 is 29.1 Å². The SMILES string of the molecule is COCCN1C(=O)C(=O)/C(=C(\O)c2ccc(Cl)cc2)C1c1ccc(OC(C)C)cc1. The molecular weight excluding hydrogens is 406 g/mol. The Kier molecular flexibility index (Phi) is 6.80. The maximum atomic E-state index is 12.9. The van der Waals surface area contributed by atoms with Crippen molar-refractivity contribution in [3.63, 3.8) is 0 Å². The van der Waals surface area contributed by atoms with Crippen molar-refractivity contribution in [2.24, 2.45) is 0 Å². The van der Waals surface area contributed by atoms with Gasteiger partial charge in [-0.3, -0.25) is 9.59 Å². The van der Waals surface area contributed by atoms with Crippen LogP contribution in [0, 0.1) is 0 Å². The van der Waals surface area contributed by atoms with E-state index in [1.165, 1.54) is 12.0 Å². The second-order valence-electron chi connectivity index (χ2n) is 7.23. The lowest BCUT2D eigenvalue weighted by atomic mass is 9.95. The Bertz CT molecular complexity index is 951. The quantitative estimate of drug-likeness (QED) is 0.405. The largest absolute Gasteiger partial charge is 0.507 e. The first-order valence-corrected chi connectivity index (χ1v) is 10.0. The van der Waals surface area contributed by atoms with E-state index in [-0.39, 0.29) is 30.6 Å². The average Bonchev–Trinajstić information content (AvgIpc) is 2.97. The number of benzene rings is 2. The number of aliphatic hydroxyl groups is 1. The number of likely N-dealkylation sites (tertiary alicyclic amines) is 1. The molecule has 30 heavy (non-hydrogen) atoms. The van der Waals surface area contributed by atoms with E-state index in [9.17, 15) is 14.7 Å². The number of hydrogen-bond donors (Lipinski definition) is 1. The van der Waals surface area contributed by atoms with E-state index in [0.717, 1.165) is 0 Å². The predicted octanol–water partition coefficient (Wildman–Crippen LogP) is 4.20. The number of aliphatic hydroxyl groups excluding tert-OH is 1. The van der Waals surface area contributed by atoms with Crippen LogP contribution in [0.5, 0.6) is 5.75 Å². The van der Waals surface area contributed by atoms with Crippen molar-refractivity contribution in [1.29, 1.82) is 0 Å². The fraction of sp³-hybridized carbons (Fsp3) is 0.304. The van der Waals surface area contributed by atoms with Crippen LogP contribution in [0.2, 0.25) is 5.02 Å². The summed E-state index contributed by atoms with van der Waals surface area (Å²) in [6.45, 7) is 4.34. The summed E-state index contributed by atoms with van der Waals surface area (Å²) >= 11 is 5.93. The van der Waals surface area contributed by atoms with E-state index in [0.29, 0.717) is 21.9 Å². The van der Waals surface area contributed by atoms with Crippen molar-refractivity contribution in [1.82, 2.24) is 4.90 Å². The third-order valence-corrected chi connectivity index (χ3v) is 5.01. The van der Waals surface area contributed by atoms with Crippen LogP contribution in [0.15, 0.2) is 54.1 Å². The summed E-state index contributed by atoms with van der Waals surface area (Å²) in [6.07, 6.45) is 0.0214. The molecule has 0 radical (unpaired) electrons. The number of Topliss-reactive ketones (excluding diaryl/α,β-unsaturated/α-hetero) is 1. The van der Waals surface area contributed by atoms with Crippen LogP contribution in [-0.4, -0.2) is 48.1 Å². The Balaban J connectivity index is 2.08. The summed E-state index contributed by atoms with van der Waals surface area (Å²) < 4.78 is 10.8. The van der Waals surface area contributed by atoms with Crippen LogP contribution in [0.4, 0.5) is 0 Å². The Morgan fingerprint density at radius 3 is 2.30 bits per heavy atom. The highest BCUT2D eigenvalue weighted by Crippen LogP contribution is 2.39. The zero-order valence-corrected chi connectivity index (χ0v) is 17.8. The third kappa shape index (κ3) is 4.50. The van der Waals surface area contributed by atoms with Gasteiger partial charge in [0.15, 0.2) is 0 Å². The van der Waals surface area contributed by atoms with Gasteiger partial charge in [-0.25, -0.2) is 0 Å². The first kappa shape index (κ1) is 21.9. The second kappa shape index (κ2) is 9.32. The smallest absolute Gasteiger partial charge is 0.295 e. The lowest BCUT2D eigenvalue weighted by Gasteiger charge is -2.25. The van der Waals surface area contributed by atoms with Crippen molar-refractivity contribution in [3.8, 4) is 5.75 Å². The minimum Gasteiger partial charge on any atom is -0.507 e. The zero-order chi connectivity index (χ0) is 21.8. The van der Waals surface area contributed by atoms with Crippen LogP contribution < -0.4 is 4.74 Å². The zero-order valence-electron chi connectivity index (χ0n) is 17.1. The topological polar surface area (TPSA) is 76.1 Å². The second-order valence-corrected chi connectivity index (χ2v) is 7.66. The summed E-state index contributed by atoms with van der Waals surface area (Å²) in [5.74, 6) is -0.959. The number of rotatable bonds is 7. The lowest BCUT2D eigenvalue weighted by Crippen LogP contribution is -2.32. The van der Waals surface area contributed by atoms with E-state index in [1.54, 1.807) is 48.5 Å². The molecule has 0 bridgehead atoms. The average molecular weight is 430 g/mol. The van der Waals surface area contributed by atoms with E-state index in [4.69, 9.17) is 21.1 Å². The van der Waals surface area contributed by atoms with Crippen LogP contribution in [-0.2, 0) is 14.3 Å². The highest BCUT2D eigenvalue weighted by Gasteiger charge is 2.45. The van der Waals surface area contributed by atoms with Crippen LogP contribution in [0.3, 0.4) is 0 Å². The number of ketones is 1. The first-order chi connectivity index (χ1) is 14.3. The molecule has 0 aromatic heterocycles. The number of ether oxygens (including phenoxy) is 2. The van der Waals surface area contributed by atoms with Gasteiger partial charge in [0.1, 0.15) is 11.5 Å². The van der Waals surface area contributed by atoms with Gasteiger partial charge in [0.2, 0.25) is 0 Å². The predicted molar refractivity (Wildman–Crippen MR) is 115 cm³/mol. The molecule has 0 saturated carbocycles. The summed E-state index contributed by atoms with van der Waals surface area (Å²) in [6, 6.07) is 12.9. The van der Waals surface area contributed by atoms with Crippen LogP contribution in [0.25, 0.3) is 5.76 Å². The van der Waals surface area contributed by atoms with Crippen LogP contribution in [0.1, 0.15) is 31.0 Å². The molecule has 1 heterocycles. The van der Waals surface area contributed by atoms with Gasteiger partial charge in [-0.1, -0.05) is 23.7 Å². The first-order valence-electron chi connectivity index (χ1n) is 9.63. The van der Waals surface area contributed by atoms with Gasteiger partial charge >= 0.3 is 0 Å². The lowest BCUT2D eigenvalue weighted by molar-refractivity contribution is -0.140. The fourth-order valence-electron chi connectivity index (χ4n) is 3.41. The molecule has 6 nitrogen and oxygen atoms in total. The molecule has 3 rings (SSSR count). The van der Waals surface area contributed by atoms with Gasteiger partial charge in [0.05, 0.1) is 24.3 Å². The molecule has 1 unspecified atom stereocenters. The molecule has 1 fully saturated rings. The molecule has 1 aliphatic heterocycles. The number of amides is 1. The van der Waals surface area contributed by atoms with E-state index in [1.807, 2.05) is 13.8 Å². The minimum atomic E-state index is -0.732. The van der Waals surface area contributed by atoms with Gasteiger partial charge < -0.3 is 19.5 Å². The van der Waals surface area contributed by atoms with Crippen molar-refractivity contribution in [2.75, 3.05) is 20.3 Å². The highest BCUT2D eigenvalue weighted by molar-refractivity contribution is 6.46. The standard InChI is InChI=1S/C23H24ClNO5/c1-14(2)30-18-10-6-15(7-11-18)20-19(21(26)16-4-8-17(24)9-5-16)22(27)23(28)25(20)12-13-29-3/h4-11,14,20,26H,12-13H2,1-3H3/b21-19-. The number of halogens is 1. The molecule has 2 aromatic rings. The summed E-state index contributed by atoms with van der Waals surface area (Å²) in [5.41, 5.74) is 1.14. The maximum Gasteiger partial charge on any atom is 0.295 e. The van der Waals surface area contributed by atoms with E-state index in [2.05, 4.69) is 0 Å². The monoisotopic (exact) mass is 429 g/mol. The van der Waals surface area contributed by atoms with Gasteiger partial charge in [0, 0.05) is 24.2 Å². The van der Waals surface area contributed by atoms with Crippen LogP contribution >= 0.6 is 11.6 Å². The molecule has 0 aliphatic carbocycles. The summed E-state index contributed by atoms with van der Waals surface area (Å²) in [4.78, 5) is 27.0. The Labute approximate surface area is 180 Å². The molecule has 1 aliphatic rings. The summed E-state index contributed by atoms with van der Waals surface area (Å²) in [7, 11) is 1.53. The molecule has 0 spiro atoms. The van der Waals surface area contributed by atoms with Crippen molar-refractivity contribution in [3.05, 3.63) is 70.3 Å². The van der Waals surface area contributed by atoms with E-state index >= 15 is 0 Å². The minimum absolute atomic E-state index is 0.0214. The molecule has 1 N–H and O–H groups in total. The number of nitrogens with zero attached hydrogens (tertiary/aromatic N) is 1. The van der Waals surface area contributed by atoms with Gasteiger partial charge in [-0.2, -0.15) is 0 Å². The molecule has 7 heteroatoms. The van der Waals surface area contributed by atoms with Crippen molar-refractivity contribution in [2.45, 2.75) is 26.0 Å². The van der Waals surface area contributed by atoms with Crippen molar-refractivity contribution < 1.29 is 24.2 Å². The Morgan fingerprint density at radius 2 is 1.73 bits per heavy atom. The third-order valence-electron chi connectivity index (χ3n) is 4.76. The molecule has 158 valence electrons. The number of carbonyl (C=O) groups is 2. The van der Waals surface area contributed by atoms with Gasteiger partial charge in [0.25, 0.3) is 11.7 Å². The number of carbonyl (C=O) groups excluding carboxylic acids is 2.